The molecule has 1 saturated carbocycles. The second-order valence-electron chi connectivity index (χ2n) is 5.72. The van der Waals surface area contributed by atoms with Crippen LogP contribution in [0.5, 0.6) is 0 Å². The molecule has 0 aliphatic heterocycles. The van der Waals surface area contributed by atoms with Crippen LogP contribution in [0, 0.1) is 5.92 Å². The predicted octanol–water partition coefficient (Wildman–Crippen LogP) is 2.51. The van der Waals surface area contributed by atoms with Crippen molar-refractivity contribution in [3.8, 4) is 0 Å². The molecule has 0 unspecified atom stereocenters. The fourth-order valence-electron chi connectivity index (χ4n) is 2.82. The van der Waals surface area contributed by atoms with Crippen molar-refractivity contribution in [3.05, 3.63) is 0 Å². The van der Waals surface area contributed by atoms with Crippen LogP contribution >= 0.6 is 0 Å². The first-order valence-electron chi connectivity index (χ1n) is 7.71. The SMILES string of the molecule is COCCNCCN(C)CC1CCCCCCC1. The van der Waals surface area contributed by atoms with E-state index in [1.54, 1.807) is 7.11 Å². The van der Waals surface area contributed by atoms with Crippen molar-refractivity contribution in [2.24, 2.45) is 5.92 Å². The minimum Gasteiger partial charge on any atom is -0.383 e. The molecule has 3 heteroatoms. The second kappa shape index (κ2) is 10.8. The van der Waals surface area contributed by atoms with Crippen LogP contribution in [0.1, 0.15) is 44.9 Å². The van der Waals surface area contributed by atoms with Gasteiger partial charge in [-0.05, 0) is 25.8 Å². The lowest BCUT2D eigenvalue weighted by Crippen LogP contribution is -2.34. The highest BCUT2D eigenvalue weighted by atomic mass is 16.5. The zero-order chi connectivity index (χ0) is 13.1. The molecular weight excluding hydrogens is 224 g/mol. The molecule has 1 aliphatic carbocycles. The highest BCUT2D eigenvalue weighted by Gasteiger charge is 2.13. The van der Waals surface area contributed by atoms with E-state index in [0.29, 0.717) is 0 Å². The van der Waals surface area contributed by atoms with Gasteiger partial charge in [-0.1, -0.05) is 32.1 Å². The van der Waals surface area contributed by atoms with Gasteiger partial charge in [-0.15, -0.1) is 0 Å². The third kappa shape index (κ3) is 8.06. The van der Waals surface area contributed by atoms with E-state index in [4.69, 9.17) is 4.74 Å². The first-order valence-corrected chi connectivity index (χ1v) is 7.71. The standard InChI is InChI=1S/C15H32N2O/c1-17(12-10-16-11-13-18-2)14-15-8-6-4-3-5-7-9-15/h15-16H,3-14H2,1-2H3. The lowest BCUT2D eigenvalue weighted by Gasteiger charge is -2.25. The van der Waals surface area contributed by atoms with E-state index in [2.05, 4.69) is 17.3 Å². The fraction of sp³-hybridized carbons (Fsp3) is 1.00. The molecule has 0 saturated heterocycles. The molecule has 0 amide bonds. The van der Waals surface area contributed by atoms with Gasteiger partial charge in [-0.3, -0.25) is 0 Å². The molecule has 0 aromatic heterocycles. The Balaban J connectivity index is 2.04. The molecule has 0 bridgehead atoms. The van der Waals surface area contributed by atoms with E-state index in [0.717, 1.165) is 32.2 Å². The number of likely N-dealkylation sites (N-methyl/N-ethyl adjacent to an activating group) is 1. The fourth-order valence-corrected chi connectivity index (χ4v) is 2.82. The number of ether oxygens (including phenoxy) is 1. The van der Waals surface area contributed by atoms with Gasteiger partial charge in [0.25, 0.3) is 0 Å². The van der Waals surface area contributed by atoms with Crippen molar-refractivity contribution < 1.29 is 4.74 Å². The summed E-state index contributed by atoms with van der Waals surface area (Å²) in [6.45, 7) is 5.29. The Morgan fingerprint density at radius 1 is 1.06 bits per heavy atom. The summed E-state index contributed by atoms with van der Waals surface area (Å²) >= 11 is 0. The molecule has 1 aliphatic rings. The quantitative estimate of drug-likeness (QED) is 0.675. The Hall–Kier alpha value is -0.120. The molecule has 0 atom stereocenters. The van der Waals surface area contributed by atoms with Gasteiger partial charge < -0.3 is 15.0 Å². The van der Waals surface area contributed by atoms with Crippen LogP contribution in [0.15, 0.2) is 0 Å². The number of rotatable bonds is 8. The van der Waals surface area contributed by atoms with Crippen LogP contribution in [0.2, 0.25) is 0 Å². The highest BCUT2D eigenvalue weighted by molar-refractivity contribution is 4.67. The summed E-state index contributed by atoms with van der Waals surface area (Å²) < 4.78 is 5.02. The topological polar surface area (TPSA) is 24.5 Å². The first kappa shape index (κ1) is 15.9. The van der Waals surface area contributed by atoms with Crippen LogP contribution in [-0.4, -0.2) is 51.8 Å². The van der Waals surface area contributed by atoms with E-state index >= 15 is 0 Å². The van der Waals surface area contributed by atoms with Gasteiger partial charge in [0, 0.05) is 33.3 Å². The molecule has 0 aromatic rings. The second-order valence-corrected chi connectivity index (χ2v) is 5.72. The maximum absolute atomic E-state index is 5.02. The van der Waals surface area contributed by atoms with Crippen LogP contribution in [0.4, 0.5) is 0 Å². The molecule has 0 heterocycles. The van der Waals surface area contributed by atoms with E-state index in [1.165, 1.54) is 51.5 Å². The van der Waals surface area contributed by atoms with E-state index in [1.807, 2.05) is 0 Å². The third-order valence-corrected chi connectivity index (χ3v) is 3.95. The summed E-state index contributed by atoms with van der Waals surface area (Å²) in [5.74, 6) is 0.939. The largest absolute Gasteiger partial charge is 0.383 e. The Labute approximate surface area is 113 Å². The summed E-state index contributed by atoms with van der Waals surface area (Å²) in [5, 5.41) is 3.41. The summed E-state index contributed by atoms with van der Waals surface area (Å²) in [7, 11) is 4.01. The zero-order valence-corrected chi connectivity index (χ0v) is 12.4. The molecule has 108 valence electrons. The lowest BCUT2D eigenvalue weighted by molar-refractivity contribution is 0.196. The normalized spacial score (nSPS) is 18.8. The summed E-state index contributed by atoms with van der Waals surface area (Å²) in [6, 6.07) is 0. The summed E-state index contributed by atoms with van der Waals surface area (Å²) in [6.07, 6.45) is 10.2. The Kier molecular flexibility index (Phi) is 9.54. The van der Waals surface area contributed by atoms with Crippen molar-refractivity contribution in [1.82, 2.24) is 10.2 Å². The molecule has 1 N–H and O–H groups in total. The molecule has 1 fully saturated rings. The Morgan fingerprint density at radius 3 is 2.39 bits per heavy atom. The maximum Gasteiger partial charge on any atom is 0.0587 e. The number of hydrogen-bond acceptors (Lipinski definition) is 3. The maximum atomic E-state index is 5.02. The van der Waals surface area contributed by atoms with Crippen molar-refractivity contribution in [3.63, 3.8) is 0 Å². The summed E-state index contributed by atoms with van der Waals surface area (Å²) in [4.78, 5) is 2.49. The molecule has 0 spiro atoms. The van der Waals surface area contributed by atoms with Crippen molar-refractivity contribution in [2.45, 2.75) is 44.9 Å². The number of hydrogen-bond donors (Lipinski definition) is 1. The van der Waals surface area contributed by atoms with Gasteiger partial charge in [0.15, 0.2) is 0 Å². The zero-order valence-electron chi connectivity index (χ0n) is 12.4. The summed E-state index contributed by atoms with van der Waals surface area (Å²) in [5.41, 5.74) is 0. The van der Waals surface area contributed by atoms with Gasteiger partial charge in [-0.25, -0.2) is 0 Å². The monoisotopic (exact) mass is 256 g/mol. The van der Waals surface area contributed by atoms with Crippen molar-refractivity contribution in [1.29, 1.82) is 0 Å². The predicted molar refractivity (Wildman–Crippen MR) is 78.1 cm³/mol. The first-order chi connectivity index (χ1) is 8.83. The highest BCUT2D eigenvalue weighted by Crippen LogP contribution is 2.22. The average molecular weight is 256 g/mol. The van der Waals surface area contributed by atoms with Crippen LogP contribution in [-0.2, 0) is 4.74 Å². The third-order valence-electron chi connectivity index (χ3n) is 3.95. The number of nitrogens with zero attached hydrogens (tertiary/aromatic N) is 1. The average Bonchev–Trinajstić information content (AvgIpc) is 2.32. The van der Waals surface area contributed by atoms with E-state index < -0.39 is 0 Å². The Bertz CT molecular complexity index is 179. The lowest BCUT2D eigenvalue weighted by atomic mass is 9.91. The van der Waals surface area contributed by atoms with Gasteiger partial charge in [-0.2, -0.15) is 0 Å². The number of nitrogens with one attached hydrogen (secondary N) is 1. The van der Waals surface area contributed by atoms with Gasteiger partial charge in [0.1, 0.15) is 0 Å². The molecule has 0 radical (unpaired) electrons. The van der Waals surface area contributed by atoms with Gasteiger partial charge in [0.05, 0.1) is 6.61 Å². The van der Waals surface area contributed by atoms with Crippen LogP contribution < -0.4 is 5.32 Å². The molecule has 3 nitrogen and oxygen atoms in total. The van der Waals surface area contributed by atoms with Crippen molar-refractivity contribution >= 4 is 0 Å². The minimum absolute atomic E-state index is 0.812. The molecule has 0 aromatic carbocycles. The van der Waals surface area contributed by atoms with E-state index in [-0.39, 0.29) is 0 Å². The number of methoxy groups -OCH3 is 1. The molecule has 1 rings (SSSR count). The van der Waals surface area contributed by atoms with Crippen LogP contribution in [0.25, 0.3) is 0 Å². The van der Waals surface area contributed by atoms with Gasteiger partial charge >= 0.3 is 0 Å². The van der Waals surface area contributed by atoms with Crippen molar-refractivity contribution in [2.75, 3.05) is 46.9 Å². The van der Waals surface area contributed by atoms with Gasteiger partial charge in [0.2, 0.25) is 0 Å². The Morgan fingerprint density at radius 2 is 1.72 bits per heavy atom. The molecule has 18 heavy (non-hydrogen) atoms. The molecular formula is C15H32N2O. The van der Waals surface area contributed by atoms with E-state index in [9.17, 15) is 0 Å². The minimum atomic E-state index is 0.812. The smallest absolute Gasteiger partial charge is 0.0587 e. The van der Waals surface area contributed by atoms with Crippen LogP contribution in [0.3, 0.4) is 0 Å².